The molecule has 1 amide bonds. The van der Waals surface area contributed by atoms with Gasteiger partial charge in [-0.1, -0.05) is 17.7 Å². The Morgan fingerprint density at radius 3 is 2.16 bits per heavy atom. The zero-order valence-electron chi connectivity index (χ0n) is 21.4. The van der Waals surface area contributed by atoms with Crippen LogP contribution in [0.15, 0.2) is 65.6 Å². The van der Waals surface area contributed by atoms with Gasteiger partial charge in [0.15, 0.2) is 0 Å². The van der Waals surface area contributed by atoms with Crippen LogP contribution in [0.25, 0.3) is 0 Å². The fourth-order valence-corrected chi connectivity index (χ4v) is 6.17. The Balaban J connectivity index is 2.06. The molecule has 0 bridgehead atoms. The lowest BCUT2D eigenvalue weighted by atomic mass is 9.96. The fraction of sp³-hybridized carbons (Fsp3) is 0.321. The third kappa shape index (κ3) is 6.69. The Kier molecular flexibility index (Phi) is 9.84. The molecule has 3 rings (SSSR count). The van der Waals surface area contributed by atoms with Gasteiger partial charge in [-0.15, -0.1) is 0 Å². The van der Waals surface area contributed by atoms with E-state index in [-0.39, 0.29) is 23.6 Å². The van der Waals surface area contributed by atoms with Crippen LogP contribution in [0.5, 0.6) is 0 Å². The molecular weight excluding hydrogens is 537 g/mol. The molecule has 38 heavy (non-hydrogen) atoms. The third-order valence-electron chi connectivity index (χ3n) is 6.38. The molecule has 0 saturated heterocycles. The summed E-state index contributed by atoms with van der Waals surface area (Å²) in [5.41, 5.74) is 0.389. The highest BCUT2D eigenvalue weighted by atomic mass is 35.5. The average molecular weight is 567 g/mol. The summed E-state index contributed by atoms with van der Waals surface area (Å²) < 4.78 is 71.9. The molecule has 0 aliphatic rings. The summed E-state index contributed by atoms with van der Waals surface area (Å²) in [6.07, 6.45) is 0.916. The van der Waals surface area contributed by atoms with E-state index in [1.54, 1.807) is 4.90 Å². The van der Waals surface area contributed by atoms with Crippen LogP contribution in [-0.4, -0.2) is 32.3 Å². The van der Waals surface area contributed by atoms with Gasteiger partial charge in [0, 0.05) is 30.6 Å². The lowest BCUT2D eigenvalue weighted by molar-refractivity contribution is -0.130. The number of rotatable bonds is 11. The molecule has 5 nitrogen and oxygen atoms in total. The van der Waals surface area contributed by atoms with E-state index in [0.717, 1.165) is 22.5 Å². The van der Waals surface area contributed by atoms with Gasteiger partial charge in [-0.3, -0.25) is 9.10 Å². The Labute approximate surface area is 226 Å². The number of hydrogen-bond donors (Lipinski definition) is 0. The standard InChI is InChI=1S/C28H30ClF3N2O3S/c1-4-33(5-2)28(35)8-6-7-20-17-22(30)11-15-25(20)19(3)34(27-18-23(31)12-16-26(27)32)38(36,37)24-13-9-21(29)10-14-24/h9-19H,4-8H2,1-3H3. The number of amides is 1. The molecule has 10 heteroatoms. The summed E-state index contributed by atoms with van der Waals surface area (Å²) in [4.78, 5) is 14.0. The molecule has 204 valence electrons. The maximum Gasteiger partial charge on any atom is 0.264 e. The van der Waals surface area contributed by atoms with Gasteiger partial charge in [0.2, 0.25) is 5.91 Å². The Morgan fingerprint density at radius 2 is 1.53 bits per heavy atom. The number of hydrogen-bond acceptors (Lipinski definition) is 3. The number of aryl methyl sites for hydroxylation is 1. The highest BCUT2D eigenvalue weighted by molar-refractivity contribution is 7.92. The van der Waals surface area contributed by atoms with Crippen molar-refractivity contribution in [1.29, 1.82) is 0 Å². The van der Waals surface area contributed by atoms with Crippen LogP contribution in [-0.2, 0) is 21.2 Å². The molecule has 3 aromatic carbocycles. The number of benzene rings is 3. The van der Waals surface area contributed by atoms with Crippen molar-refractivity contribution >= 4 is 33.2 Å². The van der Waals surface area contributed by atoms with Crippen molar-refractivity contribution in [3.63, 3.8) is 0 Å². The second-order valence-electron chi connectivity index (χ2n) is 8.79. The predicted octanol–water partition coefficient (Wildman–Crippen LogP) is 6.90. The smallest absolute Gasteiger partial charge is 0.264 e. The molecular formula is C28H30ClF3N2O3S. The van der Waals surface area contributed by atoms with Gasteiger partial charge < -0.3 is 4.90 Å². The van der Waals surface area contributed by atoms with Crippen molar-refractivity contribution in [3.8, 4) is 0 Å². The number of anilines is 1. The minimum Gasteiger partial charge on any atom is -0.343 e. The molecule has 3 aromatic rings. The van der Waals surface area contributed by atoms with E-state index in [9.17, 15) is 22.0 Å². The Bertz CT molecular complexity index is 1380. The van der Waals surface area contributed by atoms with Crippen molar-refractivity contribution in [1.82, 2.24) is 4.90 Å². The minimum absolute atomic E-state index is 0.0326. The quantitative estimate of drug-likeness (QED) is 0.253. The SMILES string of the molecule is CCN(CC)C(=O)CCCc1cc(F)ccc1C(C)N(c1cc(F)ccc1F)S(=O)(=O)c1ccc(Cl)cc1. The first-order valence-electron chi connectivity index (χ1n) is 12.3. The van der Waals surface area contributed by atoms with Crippen LogP contribution in [0, 0.1) is 17.5 Å². The summed E-state index contributed by atoms with van der Waals surface area (Å²) in [7, 11) is -4.42. The van der Waals surface area contributed by atoms with E-state index >= 15 is 4.39 Å². The average Bonchev–Trinajstić information content (AvgIpc) is 2.87. The second-order valence-corrected chi connectivity index (χ2v) is 11.0. The number of nitrogens with zero attached hydrogens (tertiary/aromatic N) is 2. The van der Waals surface area contributed by atoms with Gasteiger partial charge in [-0.2, -0.15) is 0 Å². The van der Waals surface area contributed by atoms with E-state index in [2.05, 4.69) is 0 Å². The first-order valence-corrected chi connectivity index (χ1v) is 14.1. The zero-order chi connectivity index (χ0) is 28.0. The molecule has 0 aliphatic carbocycles. The summed E-state index contributed by atoms with van der Waals surface area (Å²) in [5.74, 6) is -2.33. The Morgan fingerprint density at radius 1 is 0.921 bits per heavy atom. The monoisotopic (exact) mass is 566 g/mol. The van der Waals surface area contributed by atoms with Gasteiger partial charge in [-0.25, -0.2) is 21.6 Å². The van der Waals surface area contributed by atoms with E-state index < -0.39 is 39.2 Å². The van der Waals surface area contributed by atoms with E-state index in [0.29, 0.717) is 35.7 Å². The number of halogens is 4. The maximum atomic E-state index is 15.0. The summed E-state index contributed by atoms with van der Waals surface area (Å²) >= 11 is 5.93. The topological polar surface area (TPSA) is 57.7 Å². The van der Waals surface area contributed by atoms with Crippen LogP contribution < -0.4 is 4.31 Å². The molecule has 0 saturated carbocycles. The van der Waals surface area contributed by atoms with Crippen LogP contribution in [0.2, 0.25) is 5.02 Å². The molecule has 1 atom stereocenters. The van der Waals surface area contributed by atoms with Gasteiger partial charge in [0.1, 0.15) is 17.5 Å². The Hall–Kier alpha value is -3.04. The van der Waals surface area contributed by atoms with Crippen molar-refractivity contribution < 1.29 is 26.4 Å². The first-order chi connectivity index (χ1) is 18.0. The number of sulfonamides is 1. The van der Waals surface area contributed by atoms with Crippen LogP contribution >= 0.6 is 11.6 Å². The van der Waals surface area contributed by atoms with Crippen LogP contribution in [0.4, 0.5) is 18.9 Å². The molecule has 1 unspecified atom stereocenters. The van der Waals surface area contributed by atoms with Crippen molar-refractivity contribution in [2.45, 2.75) is 51.0 Å². The third-order valence-corrected chi connectivity index (χ3v) is 8.53. The highest BCUT2D eigenvalue weighted by Crippen LogP contribution is 2.37. The molecule has 0 aliphatic heterocycles. The summed E-state index contributed by atoms with van der Waals surface area (Å²) in [5, 5.41) is 0.306. The lowest BCUT2D eigenvalue weighted by Gasteiger charge is -2.32. The summed E-state index contributed by atoms with van der Waals surface area (Å²) in [6.45, 7) is 6.45. The molecule has 0 fully saturated rings. The largest absolute Gasteiger partial charge is 0.343 e. The van der Waals surface area contributed by atoms with Crippen LogP contribution in [0.3, 0.4) is 0 Å². The molecule has 0 aromatic heterocycles. The molecule has 0 spiro atoms. The van der Waals surface area contributed by atoms with E-state index in [4.69, 9.17) is 11.6 Å². The molecule has 0 heterocycles. The van der Waals surface area contributed by atoms with Crippen LogP contribution in [0.1, 0.15) is 50.8 Å². The zero-order valence-corrected chi connectivity index (χ0v) is 23.0. The van der Waals surface area contributed by atoms with Crippen molar-refractivity contribution in [2.75, 3.05) is 17.4 Å². The van der Waals surface area contributed by atoms with Gasteiger partial charge >= 0.3 is 0 Å². The van der Waals surface area contributed by atoms with Crippen molar-refractivity contribution in [3.05, 3.63) is 94.3 Å². The maximum absolute atomic E-state index is 15.0. The second kappa shape index (κ2) is 12.7. The summed E-state index contributed by atoms with van der Waals surface area (Å²) in [6, 6.07) is 10.7. The molecule has 0 radical (unpaired) electrons. The lowest BCUT2D eigenvalue weighted by Crippen LogP contribution is -2.35. The fourth-order valence-electron chi connectivity index (χ4n) is 4.41. The van der Waals surface area contributed by atoms with Gasteiger partial charge in [0.25, 0.3) is 10.0 Å². The van der Waals surface area contributed by atoms with E-state index in [1.807, 2.05) is 13.8 Å². The van der Waals surface area contributed by atoms with Gasteiger partial charge in [-0.05, 0) is 93.3 Å². The van der Waals surface area contributed by atoms with Crippen molar-refractivity contribution in [2.24, 2.45) is 0 Å². The number of carbonyl (C=O) groups is 1. The highest BCUT2D eigenvalue weighted by Gasteiger charge is 2.33. The van der Waals surface area contributed by atoms with Gasteiger partial charge in [0.05, 0.1) is 16.6 Å². The predicted molar refractivity (Wildman–Crippen MR) is 143 cm³/mol. The minimum atomic E-state index is -4.42. The molecule has 0 N–H and O–H groups in total. The normalized spacial score (nSPS) is 12.3. The number of carbonyl (C=O) groups excluding carboxylic acids is 1. The van der Waals surface area contributed by atoms with E-state index in [1.165, 1.54) is 49.4 Å². The first kappa shape index (κ1) is 29.5.